The van der Waals surface area contributed by atoms with Gasteiger partial charge < -0.3 is 31.9 Å². The summed E-state index contributed by atoms with van der Waals surface area (Å²) in [4.78, 5) is 37.9. The number of aliphatic imine (C=N–C) groups is 2. The molecule has 96 heavy (non-hydrogen) atoms. The first-order valence-corrected chi connectivity index (χ1v) is 30.1. The number of H-pyrrole nitrogens is 2. The molecule has 0 radical (unpaired) electrons. The molecule has 6 aromatic carbocycles. The SMILES string of the molecule is CN(C)C=Nc1nnnc2c1c(-c1ccc(Cl)cc1)nn2C(=O)NCc1ccccc1.CN(C)C=Nc1nnnc2n[nH]c(-c3ccc(Cl)cc3)c12.Nc1nnnc2c1c(-c1ccc(Cl)cc1)nn2C(=O)NCc1ccccc1.Nc1nnnc2n[nH]c(-c3ccc(Cl)cc3)c12. The Labute approximate surface area is 563 Å². The van der Waals surface area contributed by atoms with Gasteiger partial charge in [-0.15, -0.1) is 40.8 Å². The second-order valence-electron chi connectivity index (χ2n) is 20.8. The third-order valence-electron chi connectivity index (χ3n) is 13.6. The number of nitrogens with zero attached hydrogens (tertiary/aromatic N) is 22. The monoisotopic (exact) mass is 1360 g/mol. The normalized spacial score (nSPS) is 11.1. The Hall–Kier alpha value is -12.1. The van der Waals surface area contributed by atoms with Crippen molar-refractivity contribution in [3.8, 4) is 45.0 Å². The van der Waals surface area contributed by atoms with Crippen LogP contribution >= 0.6 is 46.4 Å². The van der Waals surface area contributed by atoms with Gasteiger partial charge in [0.25, 0.3) is 0 Å². The van der Waals surface area contributed by atoms with Crippen molar-refractivity contribution in [3.05, 3.63) is 189 Å². The average Bonchev–Trinajstić information content (AvgIpc) is 1.63. The number of benzene rings is 6. The smallest absolute Gasteiger partial charge is 0.344 e. The molecule has 480 valence electrons. The zero-order chi connectivity index (χ0) is 67.2. The van der Waals surface area contributed by atoms with Crippen molar-refractivity contribution in [2.45, 2.75) is 13.1 Å². The summed E-state index contributed by atoms with van der Waals surface area (Å²) in [7, 11) is 7.45. The van der Waals surface area contributed by atoms with Gasteiger partial charge in [0.2, 0.25) is 11.3 Å². The number of aromatic amines is 2. The van der Waals surface area contributed by atoms with Crippen LogP contribution in [0.15, 0.2) is 168 Å². The van der Waals surface area contributed by atoms with Crippen molar-refractivity contribution in [2.75, 3.05) is 39.7 Å². The summed E-state index contributed by atoms with van der Waals surface area (Å²) in [6.45, 7) is 0.701. The van der Waals surface area contributed by atoms with Crippen molar-refractivity contribution in [1.29, 1.82) is 0 Å². The highest BCUT2D eigenvalue weighted by Crippen LogP contribution is 2.35. The summed E-state index contributed by atoms with van der Waals surface area (Å²) in [5, 5.41) is 79.3. The summed E-state index contributed by atoms with van der Waals surface area (Å²) in [5.74, 6) is 1.22. The van der Waals surface area contributed by atoms with Crippen LogP contribution in [0.2, 0.25) is 20.1 Å². The fraction of sp³-hybridized carbons (Fsp3) is 0.0968. The Balaban J connectivity index is 0.000000133. The van der Waals surface area contributed by atoms with E-state index in [0.717, 1.165) is 54.8 Å². The molecule has 0 aliphatic rings. The van der Waals surface area contributed by atoms with Crippen LogP contribution in [0.4, 0.5) is 32.9 Å². The largest absolute Gasteiger partial charge is 0.381 e. The van der Waals surface area contributed by atoms with E-state index in [2.05, 4.69) is 113 Å². The molecule has 0 aliphatic carbocycles. The first-order valence-electron chi connectivity index (χ1n) is 28.6. The highest BCUT2D eigenvalue weighted by molar-refractivity contribution is 6.31. The number of aromatic nitrogens is 20. The highest BCUT2D eigenvalue weighted by Gasteiger charge is 2.24. The van der Waals surface area contributed by atoms with Crippen molar-refractivity contribution >= 4 is 139 Å². The van der Waals surface area contributed by atoms with E-state index in [1.54, 1.807) is 66.1 Å². The predicted octanol–water partition coefficient (Wildman–Crippen LogP) is 10.3. The second kappa shape index (κ2) is 30.1. The van der Waals surface area contributed by atoms with Gasteiger partial charge in [0.15, 0.2) is 34.6 Å². The minimum absolute atomic E-state index is 0.145. The molecule has 0 fully saturated rings. The number of halogens is 4. The summed E-state index contributed by atoms with van der Waals surface area (Å²) in [6, 6.07) is 47.2. The predicted molar refractivity (Wildman–Crippen MR) is 368 cm³/mol. The topological polar surface area (TPSA) is 389 Å². The van der Waals surface area contributed by atoms with Gasteiger partial charge in [-0.25, -0.2) is 19.6 Å². The zero-order valence-electron chi connectivity index (χ0n) is 50.9. The van der Waals surface area contributed by atoms with Crippen molar-refractivity contribution in [2.24, 2.45) is 9.98 Å². The Bertz CT molecular complexity index is 5070. The number of hydrogen-bond donors (Lipinski definition) is 6. The lowest BCUT2D eigenvalue weighted by molar-refractivity contribution is 0.239. The molecule has 0 atom stereocenters. The van der Waals surface area contributed by atoms with Gasteiger partial charge in [-0.05, 0) is 80.5 Å². The van der Waals surface area contributed by atoms with Crippen LogP contribution < -0.4 is 22.1 Å². The number of rotatable bonds is 12. The van der Waals surface area contributed by atoms with Gasteiger partial charge in [-0.2, -0.15) is 29.8 Å². The lowest BCUT2D eigenvalue weighted by atomic mass is 10.1. The van der Waals surface area contributed by atoms with Gasteiger partial charge >= 0.3 is 12.1 Å². The highest BCUT2D eigenvalue weighted by atomic mass is 35.5. The minimum atomic E-state index is -0.441. The molecule has 34 heteroatoms. The number of fused-ring (bicyclic) bond motifs is 4. The van der Waals surface area contributed by atoms with Crippen LogP contribution in [0, 0.1) is 0 Å². The Morgan fingerprint density at radius 3 is 1.25 bits per heavy atom. The molecular formula is C62H52Cl4N28O2. The fourth-order valence-corrected chi connectivity index (χ4v) is 9.62. The molecule has 14 rings (SSSR count). The number of hydrogen-bond acceptors (Lipinski definition) is 22. The molecule has 30 nitrogen and oxygen atoms in total. The van der Waals surface area contributed by atoms with E-state index in [1.807, 2.05) is 142 Å². The van der Waals surface area contributed by atoms with Gasteiger partial charge in [0.05, 0.1) is 45.6 Å². The standard InChI is InChI=1S/C21H19ClN8O.C18H14ClN7O.C13H12ClN7.C10H7ClN6/c1-29(2)13-24-19-17-18(15-8-10-16(22)11-9-15)27-30(20(17)26-28-25-19)21(31)23-12-14-6-4-3-5-7-14;19-13-8-6-12(7-9-13)15-14-16(20)22-25-23-17(14)26(24-15)18(27)21-10-11-4-2-1-3-5-11;1-21(2)7-15-12-10-11(8-3-5-9(14)6-4-8)16-17-13(10)19-20-18-12;11-6-3-1-5(2-4-6)8-7-9(12)14-17-16-10(7)15-13-8/h3-11,13H,12H2,1-2H3,(H,23,31);1-9H,10H2,(H,21,27)(H2,20,22,23);3-7H,1-2H3,(H,16,17,18,19);1-4H,(H3,12,13,14,15,16). The van der Waals surface area contributed by atoms with Crippen molar-refractivity contribution in [3.63, 3.8) is 0 Å². The van der Waals surface area contributed by atoms with Crippen molar-refractivity contribution < 1.29 is 9.59 Å². The molecule has 0 unspecified atom stereocenters. The van der Waals surface area contributed by atoms with E-state index in [1.165, 1.54) is 4.68 Å². The number of anilines is 2. The van der Waals surface area contributed by atoms with E-state index in [9.17, 15) is 9.59 Å². The van der Waals surface area contributed by atoms with Crippen LogP contribution in [-0.2, 0) is 13.1 Å². The summed E-state index contributed by atoms with van der Waals surface area (Å²) >= 11 is 23.7. The van der Waals surface area contributed by atoms with E-state index < -0.39 is 12.1 Å². The molecule has 2 amide bonds. The molecule has 0 bridgehead atoms. The maximum Gasteiger partial charge on any atom is 0.344 e. The van der Waals surface area contributed by atoms with Crippen LogP contribution in [-0.4, -0.2) is 164 Å². The number of amides is 2. The van der Waals surface area contributed by atoms with Gasteiger partial charge in [-0.1, -0.05) is 156 Å². The minimum Gasteiger partial charge on any atom is -0.381 e. The summed E-state index contributed by atoms with van der Waals surface area (Å²) < 4.78 is 2.33. The molecular weight excluding hydrogens is 1310 g/mol. The van der Waals surface area contributed by atoms with E-state index in [4.69, 9.17) is 57.9 Å². The molecule has 0 aliphatic heterocycles. The van der Waals surface area contributed by atoms with Gasteiger partial charge in [-0.3, -0.25) is 10.2 Å². The lowest BCUT2D eigenvalue weighted by Gasteiger charge is -2.05. The maximum absolute atomic E-state index is 12.9. The van der Waals surface area contributed by atoms with Gasteiger partial charge in [0, 0.05) is 83.6 Å². The van der Waals surface area contributed by atoms with Crippen LogP contribution in [0.25, 0.3) is 89.2 Å². The van der Waals surface area contributed by atoms with Gasteiger partial charge in [0.1, 0.15) is 11.4 Å². The van der Waals surface area contributed by atoms with Crippen LogP contribution in [0.3, 0.4) is 0 Å². The number of nitrogens with two attached hydrogens (primary N) is 2. The zero-order valence-corrected chi connectivity index (χ0v) is 53.9. The third kappa shape index (κ3) is 15.5. The molecule has 0 spiro atoms. The second-order valence-corrected chi connectivity index (χ2v) is 22.6. The molecule has 0 saturated heterocycles. The maximum atomic E-state index is 12.9. The quantitative estimate of drug-likeness (QED) is 0.0489. The number of nitrogens with one attached hydrogen (secondary N) is 4. The Morgan fingerprint density at radius 2 is 0.802 bits per heavy atom. The first kappa shape index (κ1) is 65.4. The van der Waals surface area contributed by atoms with E-state index in [-0.39, 0.29) is 17.1 Å². The Morgan fingerprint density at radius 1 is 0.448 bits per heavy atom. The lowest BCUT2D eigenvalue weighted by Crippen LogP contribution is -2.29. The molecule has 8 heterocycles. The molecule has 0 saturated carbocycles. The van der Waals surface area contributed by atoms with Crippen molar-refractivity contribution in [1.82, 2.24) is 122 Å². The summed E-state index contributed by atoms with van der Waals surface area (Å²) in [5.41, 5.74) is 21.0. The third-order valence-corrected chi connectivity index (χ3v) is 14.6. The van der Waals surface area contributed by atoms with Crippen LogP contribution in [0.5, 0.6) is 0 Å². The number of carbonyl (C=O) groups is 2. The Kier molecular flexibility index (Phi) is 20.5. The number of nitrogen functional groups attached to an aromatic ring is 2. The number of carbonyl (C=O) groups excluding carboxylic acids is 2. The first-order chi connectivity index (χ1) is 46.6. The average molecular weight is 1360 g/mol. The molecule has 8 N–H and O–H groups in total. The summed E-state index contributed by atoms with van der Waals surface area (Å²) in [6.07, 6.45) is 3.25. The molecule has 14 aromatic rings. The fourth-order valence-electron chi connectivity index (χ4n) is 9.12. The van der Waals surface area contributed by atoms with E-state index in [0.29, 0.717) is 89.5 Å². The van der Waals surface area contributed by atoms with Crippen LogP contribution in [0.1, 0.15) is 11.1 Å². The van der Waals surface area contributed by atoms with E-state index >= 15 is 0 Å². The molecule has 8 aromatic heterocycles.